The fraction of sp³-hybridized carbons (Fsp3) is 0.758. The van der Waals surface area contributed by atoms with E-state index in [-0.39, 0.29) is 140 Å². The van der Waals surface area contributed by atoms with Crippen LogP contribution in [0.25, 0.3) is 0 Å². The Bertz CT molecular complexity index is 1110. The first-order valence-corrected chi connectivity index (χ1v) is 16.9. The van der Waals surface area contributed by atoms with Crippen LogP contribution in [-0.4, -0.2) is 135 Å². The highest BCUT2D eigenvalue weighted by Crippen LogP contribution is 2.04. The van der Waals surface area contributed by atoms with Gasteiger partial charge >= 0.3 is 17.9 Å². The van der Waals surface area contributed by atoms with Crippen LogP contribution in [0.3, 0.4) is 0 Å². The number of Topliss-reactive ketones (excluding diaryl/α,β-unsaturated/α-hetero) is 1. The molecule has 0 rings (SSSR count). The van der Waals surface area contributed by atoms with Crippen molar-refractivity contribution in [1.29, 1.82) is 0 Å². The number of nitrogens with one attached hydrogen (secondary N) is 2. The fourth-order valence-electron chi connectivity index (χ4n) is 4.18. The van der Waals surface area contributed by atoms with E-state index in [0.29, 0.717) is 0 Å². The van der Waals surface area contributed by atoms with Crippen LogP contribution >= 0.6 is 0 Å². The molecule has 0 aromatic rings. The molecule has 4 amide bonds. The number of ether oxygens (including phenoxy) is 4. The zero-order valence-corrected chi connectivity index (χ0v) is 30.4. The van der Waals surface area contributed by atoms with Crippen LogP contribution in [0.15, 0.2) is 0 Å². The summed E-state index contributed by atoms with van der Waals surface area (Å²) in [4.78, 5) is 99.9. The Labute approximate surface area is 294 Å². The van der Waals surface area contributed by atoms with Crippen molar-refractivity contribution in [3.63, 3.8) is 0 Å². The number of ketones is 1. The molecule has 0 aliphatic rings. The number of nitrogens with two attached hydrogens (primary N) is 1. The summed E-state index contributed by atoms with van der Waals surface area (Å²) in [5.41, 5.74) is 5.63. The van der Waals surface area contributed by atoms with Gasteiger partial charge in [0.15, 0.2) is 0 Å². The van der Waals surface area contributed by atoms with E-state index in [1.54, 1.807) is 13.8 Å². The van der Waals surface area contributed by atoms with Crippen molar-refractivity contribution in [2.75, 3.05) is 59.7 Å². The number of rotatable bonds is 27. The minimum Gasteiger partial charge on any atom is -0.464 e. The molecule has 0 saturated heterocycles. The Balaban J connectivity index is 4.79. The van der Waals surface area contributed by atoms with Gasteiger partial charge in [-0.3, -0.25) is 38.4 Å². The molecule has 0 aromatic carbocycles. The molecule has 17 heteroatoms. The van der Waals surface area contributed by atoms with Crippen molar-refractivity contribution >= 4 is 47.3 Å². The first kappa shape index (κ1) is 45.9. The average Bonchev–Trinajstić information content (AvgIpc) is 3.04. The summed E-state index contributed by atoms with van der Waals surface area (Å²) in [5, 5.41) is 5.42. The molecule has 50 heavy (non-hydrogen) atoms. The molecular weight excluding hydrogens is 658 g/mol. The van der Waals surface area contributed by atoms with Crippen LogP contribution in [0.2, 0.25) is 0 Å². The molecule has 0 radical (unpaired) electrons. The third kappa shape index (κ3) is 24.1. The number of hydrogen-bond acceptors (Lipinski definition) is 13. The zero-order chi connectivity index (χ0) is 38.1. The predicted octanol–water partition coefficient (Wildman–Crippen LogP) is 0.00590. The highest BCUT2D eigenvalue weighted by molar-refractivity contribution is 5.85. The smallest absolute Gasteiger partial charge is 0.306 e. The lowest BCUT2D eigenvalue weighted by molar-refractivity contribution is -0.152. The van der Waals surface area contributed by atoms with Gasteiger partial charge in [-0.15, -0.1) is 0 Å². The summed E-state index contributed by atoms with van der Waals surface area (Å²) < 4.78 is 20.5. The second kappa shape index (κ2) is 26.7. The molecule has 286 valence electrons. The van der Waals surface area contributed by atoms with Crippen LogP contribution in [-0.2, 0) is 57.3 Å². The monoisotopic (exact) mass is 715 g/mol. The maximum atomic E-state index is 12.8. The van der Waals surface area contributed by atoms with Gasteiger partial charge in [0.1, 0.15) is 25.6 Å². The minimum absolute atomic E-state index is 0.0128. The SMILES string of the molecule is COCCN(CCOC(=O)CCC(=O)OCCN(CCOC(=O)CCC(N)C(C)=O)C(=O)CCC(=O)NC(C)C)C(=O)CCC(=O)NC(C)C. The maximum Gasteiger partial charge on any atom is 0.306 e. The summed E-state index contributed by atoms with van der Waals surface area (Å²) in [5.74, 6) is -3.50. The average molecular weight is 716 g/mol. The van der Waals surface area contributed by atoms with Crippen molar-refractivity contribution < 1.29 is 57.3 Å². The number of carbonyl (C=O) groups excluding carboxylic acids is 8. The molecule has 0 heterocycles. The van der Waals surface area contributed by atoms with Crippen LogP contribution in [0.1, 0.15) is 86.0 Å². The van der Waals surface area contributed by atoms with E-state index < -0.39 is 29.9 Å². The number of hydrogen-bond donors (Lipinski definition) is 3. The number of methoxy groups -OCH3 is 1. The molecule has 17 nitrogen and oxygen atoms in total. The standard InChI is InChI=1S/C33H57N5O12/c1-23(2)35-27(40)8-10-29(42)37(15-19-47-6)16-20-49-32(45)13-14-33(46)50-22-18-38(30(43)11-9-28(41)36-24(3)4)17-21-48-31(44)12-7-26(34)25(5)39/h23-24,26H,7-22,34H2,1-6H3,(H,35,40)(H,36,41). The van der Waals surface area contributed by atoms with Gasteiger partial charge in [-0.2, -0.15) is 0 Å². The quantitative estimate of drug-likeness (QED) is 0.0753. The lowest BCUT2D eigenvalue weighted by atomic mass is 10.1. The van der Waals surface area contributed by atoms with E-state index in [0.717, 1.165) is 0 Å². The summed E-state index contributed by atoms with van der Waals surface area (Å²) >= 11 is 0. The Hall–Kier alpha value is -4.12. The van der Waals surface area contributed by atoms with Crippen molar-refractivity contribution in [3.05, 3.63) is 0 Å². The van der Waals surface area contributed by atoms with Gasteiger partial charge in [-0.1, -0.05) is 0 Å². The molecule has 1 unspecified atom stereocenters. The van der Waals surface area contributed by atoms with Crippen molar-refractivity contribution in [3.8, 4) is 0 Å². The number of nitrogens with zero attached hydrogens (tertiary/aromatic N) is 2. The van der Waals surface area contributed by atoms with Gasteiger partial charge in [0.25, 0.3) is 0 Å². The van der Waals surface area contributed by atoms with Crippen LogP contribution in [0.5, 0.6) is 0 Å². The van der Waals surface area contributed by atoms with Crippen molar-refractivity contribution in [1.82, 2.24) is 20.4 Å². The van der Waals surface area contributed by atoms with Gasteiger partial charge < -0.3 is 45.1 Å². The van der Waals surface area contributed by atoms with Gasteiger partial charge in [0.2, 0.25) is 23.6 Å². The molecule has 1 atom stereocenters. The van der Waals surface area contributed by atoms with E-state index in [1.807, 2.05) is 13.8 Å². The van der Waals surface area contributed by atoms with Gasteiger partial charge in [0, 0.05) is 57.8 Å². The van der Waals surface area contributed by atoms with E-state index >= 15 is 0 Å². The summed E-state index contributed by atoms with van der Waals surface area (Å²) in [6.07, 6.45) is -0.703. The Morgan fingerprint density at radius 1 is 0.560 bits per heavy atom. The highest BCUT2D eigenvalue weighted by atomic mass is 16.5. The van der Waals surface area contributed by atoms with Crippen LogP contribution in [0.4, 0.5) is 0 Å². The molecule has 0 fully saturated rings. The largest absolute Gasteiger partial charge is 0.464 e. The number of amides is 4. The lowest BCUT2D eigenvalue weighted by Crippen LogP contribution is -2.38. The maximum absolute atomic E-state index is 12.8. The second-order valence-corrected chi connectivity index (χ2v) is 12.1. The molecular formula is C33H57N5O12. The second-order valence-electron chi connectivity index (χ2n) is 12.1. The molecule has 0 saturated carbocycles. The number of esters is 3. The minimum atomic E-state index is -0.775. The highest BCUT2D eigenvalue weighted by Gasteiger charge is 2.19. The van der Waals surface area contributed by atoms with E-state index in [2.05, 4.69) is 10.6 Å². The van der Waals surface area contributed by atoms with E-state index in [4.69, 9.17) is 24.7 Å². The van der Waals surface area contributed by atoms with Crippen molar-refractivity contribution in [2.45, 2.75) is 104 Å². The molecule has 0 aliphatic heterocycles. The Morgan fingerprint density at radius 3 is 1.26 bits per heavy atom. The zero-order valence-electron chi connectivity index (χ0n) is 30.4. The Kier molecular flexibility index (Phi) is 24.5. The van der Waals surface area contributed by atoms with Crippen LogP contribution < -0.4 is 16.4 Å². The lowest BCUT2D eigenvalue weighted by Gasteiger charge is -2.23. The van der Waals surface area contributed by atoms with Crippen molar-refractivity contribution in [2.24, 2.45) is 5.73 Å². The molecule has 4 N–H and O–H groups in total. The Morgan fingerprint density at radius 2 is 0.920 bits per heavy atom. The molecule has 0 bridgehead atoms. The van der Waals surface area contributed by atoms with E-state index in [1.165, 1.54) is 23.8 Å². The molecule has 0 spiro atoms. The topological polar surface area (TPSA) is 230 Å². The molecule has 0 aromatic heterocycles. The van der Waals surface area contributed by atoms with Gasteiger partial charge in [0.05, 0.1) is 45.1 Å². The number of carbonyl (C=O) groups is 8. The van der Waals surface area contributed by atoms with Crippen LogP contribution in [0, 0.1) is 0 Å². The predicted molar refractivity (Wildman–Crippen MR) is 180 cm³/mol. The van der Waals surface area contributed by atoms with Gasteiger partial charge in [-0.05, 0) is 41.0 Å². The first-order chi connectivity index (χ1) is 23.5. The summed E-state index contributed by atoms with van der Waals surface area (Å²) in [6, 6.07) is -0.915. The first-order valence-electron chi connectivity index (χ1n) is 16.9. The van der Waals surface area contributed by atoms with E-state index in [9.17, 15) is 38.4 Å². The van der Waals surface area contributed by atoms with Gasteiger partial charge in [-0.25, -0.2) is 0 Å². The normalized spacial score (nSPS) is 11.4. The third-order valence-electron chi connectivity index (χ3n) is 6.89. The third-order valence-corrected chi connectivity index (χ3v) is 6.89. The summed E-state index contributed by atoms with van der Waals surface area (Å²) in [6.45, 7) is 8.52. The summed E-state index contributed by atoms with van der Waals surface area (Å²) in [7, 11) is 1.48. The fourth-order valence-corrected chi connectivity index (χ4v) is 4.18. The molecule has 0 aliphatic carbocycles.